The highest BCUT2D eigenvalue weighted by atomic mass is 16.5. The maximum absolute atomic E-state index is 5.72. The fourth-order valence-electron chi connectivity index (χ4n) is 2.69. The zero-order chi connectivity index (χ0) is 17.7. The van der Waals surface area contributed by atoms with Gasteiger partial charge in [0.15, 0.2) is 5.96 Å². The molecule has 1 aromatic rings. The molecule has 1 heterocycles. The van der Waals surface area contributed by atoms with Crippen LogP contribution in [0.3, 0.4) is 0 Å². The molecular weight excluding hydrogens is 318 g/mol. The largest absolute Gasteiger partial charge is 0.496 e. The SMILES string of the molecule is CCNC(=NCc1ccccc1OC)NCCCOCC1CCOC1. The number of hydrogen-bond donors (Lipinski definition) is 2. The molecule has 0 saturated carbocycles. The lowest BCUT2D eigenvalue weighted by Crippen LogP contribution is -2.38. The van der Waals surface area contributed by atoms with Gasteiger partial charge in [0, 0.05) is 37.8 Å². The molecule has 0 aromatic heterocycles. The van der Waals surface area contributed by atoms with E-state index in [4.69, 9.17) is 14.2 Å². The number of para-hydroxylation sites is 1. The highest BCUT2D eigenvalue weighted by molar-refractivity contribution is 5.79. The number of aliphatic imine (C=N–C) groups is 1. The number of nitrogens with one attached hydrogen (secondary N) is 2. The van der Waals surface area contributed by atoms with Gasteiger partial charge in [0.05, 0.1) is 26.9 Å². The molecule has 0 spiro atoms. The van der Waals surface area contributed by atoms with Gasteiger partial charge in [-0.3, -0.25) is 0 Å². The summed E-state index contributed by atoms with van der Waals surface area (Å²) in [6.07, 6.45) is 2.07. The monoisotopic (exact) mass is 349 g/mol. The summed E-state index contributed by atoms with van der Waals surface area (Å²) >= 11 is 0. The van der Waals surface area contributed by atoms with Crippen molar-refractivity contribution in [2.75, 3.05) is 46.6 Å². The van der Waals surface area contributed by atoms with Crippen LogP contribution in [-0.2, 0) is 16.0 Å². The first-order valence-corrected chi connectivity index (χ1v) is 9.13. The summed E-state index contributed by atoms with van der Waals surface area (Å²) in [7, 11) is 1.68. The third-order valence-electron chi connectivity index (χ3n) is 4.08. The average molecular weight is 349 g/mol. The Morgan fingerprint density at radius 3 is 2.96 bits per heavy atom. The molecule has 2 N–H and O–H groups in total. The van der Waals surface area contributed by atoms with Gasteiger partial charge in [0.1, 0.15) is 5.75 Å². The Kier molecular flexibility index (Phi) is 9.15. The molecule has 2 rings (SSSR count). The molecule has 0 radical (unpaired) electrons. The second-order valence-corrected chi connectivity index (χ2v) is 6.09. The van der Waals surface area contributed by atoms with Crippen LogP contribution in [0, 0.1) is 5.92 Å². The van der Waals surface area contributed by atoms with Crippen molar-refractivity contribution in [2.45, 2.75) is 26.3 Å². The Labute approximate surface area is 151 Å². The van der Waals surface area contributed by atoms with Gasteiger partial charge >= 0.3 is 0 Å². The Morgan fingerprint density at radius 1 is 1.32 bits per heavy atom. The number of hydrogen-bond acceptors (Lipinski definition) is 4. The summed E-state index contributed by atoms with van der Waals surface area (Å²) in [5, 5.41) is 6.62. The normalized spacial score (nSPS) is 17.5. The van der Waals surface area contributed by atoms with Crippen LogP contribution < -0.4 is 15.4 Å². The van der Waals surface area contributed by atoms with E-state index in [1.165, 1.54) is 0 Å². The number of ether oxygens (including phenoxy) is 3. The lowest BCUT2D eigenvalue weighted by molar-refractivity contribution is 0.0888. The quantitative estimate of drug-likeness (QED) is 0.385. The van der Waals surface area contributed by atoms with Crippen molar-refractivity contribution in [3.05, 3.63) is 29.8 Å². The van der Waals surface area contributed by atoms with Crippen LogP contribution in [0.5, 0.6) is 5.75 Å². The van der Waals surface area contributed by atoms with E-state index in [0.29, 0.717) is 12.5 Å². The number of guanidine groups is 1. The lowest BCUT2D eigenvalue weighted by Gasteiger charge is -2.13. The van der Waals surface area contributed by atoms with Crippen molar-refractivity contribution in [3.8, 4) is 5.75 Å². The molecule has 1 saturated heterocycles. The molecule has 140 valence electrons. The van der Waals surface area contributed by atoms with Crippen LogP contribution in [0.1, 0.15) is 25.3 Å². The van der Waals surface area contributed by atoms with Crippen LogP contribution in [0.15, 0.2) is 29.3 Å². The lowest BCUT2D eigenvalue weighted by atomic mass is 10.1. The van der Waals surface area contributed by atoms with E-state index >= 15 is 0 Å². The van der Waals surface area contributed by atoms with Crippen molar-refractivity contribution in [1.29, 1.82) is 0 Å². The maximum atomic E-state index is 5.72. The molecular formula is C19H31N3O3. The van der Waals surface area contributed by atoms with Crippen molar-refractivity contribution in [2.24, 2.45) is 10.9 Å². The number of benzene rings is 1. The highest BCUT2D eigenvalue weighted by Crippen LogP contribution is 2.17. The fraction of sp³-hybridized carbons (Fsp3) is 0.632. The van der Waals surface area contributed by atoms with Gasteiger partial charge in [-0.15, -0.1) is 0 Å². The van der Waals surface area contributed by atoms with E-state index < -0.39 is 0 Å². The van der Waals surface area contributed by atoms with Gasteiger partial charge < -0.3 is 24.8 Å². The standard InChI is InChI=1S/C19H31N3O3/c1-3-20-19(22-13-17-7-4-5-8-18(17)23-2)21-10-6-11-24-14-16-9-12-25-15-16/h4-5,7-8,16H,3,6,9-15H2,1-2H3,(H2,20,21,22). The minimum absolute atomic E-state index is 0.577. The minimum Gasteiger partial charge on any atom is -0.496 e. The van der Waals surface area contributed by atoms with E-state index in [1.54, 1.807) is 7.11 Å². The first-order valence-electron chi connectivity index (χ1n) is 9.13. The zero-order valence-corrected chi connectivity index (χ0v) is 15.4. The third kappa shape index (κ3) is 7.32. The van der Waals surface area contributed by atoms with Crippen molar-refractivity contribution in [1.82, 2.24) is 10.6 Å². The molecule has 1 atom stereocenters. The Balaban J connectivity index is 1.68. The molecule has 1 aliphatic heterocycles. The van der Waals surface area contributed by atoms with Gasteiger partial charge in [0.25, 0.3) is 0 Å². The summed E-state index contributed by atoms with van der Waals surface area (Å²) in [5.74, 6) is 2.26. The molecule has 0 bridgehead atoms. The summed E-state index contributed by atoms with van der Waals surface area (Å²) in [6.45, 7) is 7.60. The predicted octanol–water partition coefficient (Wildman–Crippen LogP) is 2.19. The summed E-state index contributed by atoms with van der Waals surface area (Å²) in [5.41, 5.74) is 1.07. The van der Waals surface area contributed by atoms with E-state index in [-0.39, 0.29) is 0 Å². The first-order chi connectivity index (χ1) is 12.3. The van der Waals surface area contributed by atoms with Gasteiger partial charge in [-0.25, -0.2) is 4.99 Å². The summed E-state index contributed by atoms with van der Waals surface area (Å²) < 4.78 is 16.4. The van der Waals surface area contributed by atoms with Crippen LogP contribution in [0.2, 0.25) is 0 Å². The molecule has 6 nitrogen and oxygen atoms in total. The van der Waals surface area contributed by atoms with Crippen LogP contribution in [0.4, 0.5) is 0 Å². The third-order valence-corrected chi connectivity index (χ3v) is 4.08. The minimum atomic E-state index is 0.577. The molecule has 0 amide bonds. The highest BCUT2D eigenvalue weighted by Gasteiger charge is 2.15. The number of methoxy groups -OCH3 is 1. The fourth-order valence-corrected chi connectivity index (χ4v) is 2.69. The van der Waals surface area contributed by atoms with Gasteiger partial charge in [-0.2, -0.15) is 0 Å². The second-order valence-electron chi connectivity index (χ2n) is 6.09. The average Bonchev–Trinajstić information content (AvgIpc) is 3.16. The molecule has 1 aliphatic rings. The molecule has 1 aromatic carbocycles. The molecule has 1 unspecified atom stereocenters. The van der Waals surface area contributed by atoms with Gasteiger partial charge in [0.2, 0.25) is 0 Å². The van der Waals surface area contributed by atoms with Crippen LogP contribution in [0.25, 0.3) is 0 Å². The number of rotatable bonds is 10. The number of nitrogens with zero attached hydrogens (tertiary/aromatic N) is 1. The molecule has 0 aliphatic carbocycles. The van der Waals surface area contributed by atoms with E-state index in [9.17, 15) is 0 Å². The summed E-state index contributed by atoms with van der Waals surface area (Å²) in [6, 6.07) is 7.96. The zero-order valence-electron chi connectivity index (χ0n) is 15.4. The first kappa shape index (κ1) is 19.5. The maximum Gasteiger partial charge on any atom is 0.191 e. The predicted molar refractivity (Wildman–Crippen MR) is 100 cm³/mol. The molecule has 1 fully saturated rings. The van der Waals surface area contributed by atoms with Crippen LogP contribution in [-0.4, -0.2) is 52.6 Å². The van der Waals surface area contributed by atoms with Gasteiger partial charge in [-0.1, -0.05) is 18.2 Å². The Morgan fingerprint density at radius 2 is 2.20 bits per heavy atom. The Hall–Kier alpha value is -1.79. The van der Waals surface area contributed by atoms with E-state index in [2.05, 4.69) is 22.5 Å². The van der Waals surface area contributed by atoms with Crippen LogP contribution >= 0.6 is 0 Å². The van der Waals surface area contributed by atoms with Crippen molar-refractivity contribution in [3.63, 3.8) is 0 Å². The van der Waals surface area contributed by atoms with Crippen molar-refractivity contribution < 1.29 is 14.2 Å². The smallest absolute Gasteiger partial charge is 0.191 e. The molecule has 6 heteroatoms. The van der Waals surface area contributed by atoms with E-state index in [1.807, 2.05) is 24.3 Å². The Bertz CT molecular complexity index is 516. The topological polar surface area (TPSA) is 64.1 Å². The van der Waals surface area contributed by atoms with E-state index in [0.717, 1.165) is 69.6 Å². The molecule has 25 heavy (non-hydrogen) atoms. The van der Waals surface area contributed by atoms with Crippen molar-refractivity contribution >= 4 is 5.96 Å². The van der Waals surface area contributed by atoms with Gasteiger partial charge in [-0.05, 0) is 25.8 Å². The second kappa shape index (κ2) is 11.7. The summed E-state index contributed by atoms with van der Waals surface area (Å²) in [4.78, 5) is 4.63.